The van der Waals surface area contributed by atoms with E-state index in [9.17, 15) is 61.5 Å². The van der Waals surface area contributed by atoms with Crippen LogP contribution in [0.1, 0.15) is 34.6 Å². The highest BCUT2D eigenvalue weighted by molar-refractivity contribution is 5.09. The van der Waals surface area contributed by atoms with E-state index in [1.165, 1.54) is 0 Å². The van der Waals surface area contributed by atoms with E-state index in [4.69, 9.17) is 0 Å². The molecule has 0 radical (unpaired) electrons. The molecular weight excluding hydrogens is 490 g/mol. The van der Waals surface area contributed by atoms with Crippen LogP contribution in [0.3, 0.4) is 0 Å². The van der Waals surface area contributed by atoms with Crippen molar-refractivity contribution in [3.05, 3.63) is 0 Å². The number of alkyl halides is 14. The fourth-order valence-electron chi connectivity index (χ4n) is 1.94. The van der Waals surface area contributed by atoms with Crippen molar-refractivity contribution >= 4 is 0 Å². The Balaban J connectivity index is 5.71. The fourth-order valence-corrected chi connectivity index (χ4v) is 1.94. The maximum absolute atomic E-state index is 13.6. The van der Waals surface area contributed by atoms with E-state index in [1.54, 1.807) is 0 Å². The summed E-state index contributed by atoms with van der Waals surface area (Å²) < 4.78 is 196. The number of hydrogen-bond donors (Lipinski definition) is 0. The lowest BCUT2D eigenvalue weighted by Gasteiger charge is -2.40. The summed E-state index contributed by atoms with van der Waals surface area (Å²) in [5.41, 5.74) is -1.93. The van der Waals surface area contributed by atoms with Gasteiger partial charge in [-0.05, 0) is 20.8 Å². The number of hydrogen-bond acceptors (Lipinski definition) is 2. The molecule has 0 amide bonds. The van der Waals surface area contributed by atoms with E-state index in [0.29, 0.717) is 0 Å². The molecule has 0 aromatic rings. The highest BCUT2D eigenvalue weighted by Gasteiger charge is 2.86. The van der Waals surface area contributed by atoms with Gasteiger partial charge < -0.3 is 9.47 Å². The average molecular weight is 510 g/mol. The zero-order valence-electron chi connectivity index (χ0n) is 17.1. The van der Waals surface area contributed by atoms with Crippen LogP contribution in [-0.2, 0) is 9.47 Å². The van der Waals surface area contributed by atoms with Gasteiger partial charge >= 0.3 is 41.6 Å². The molecule has 0 N–H and O–H groups in total. The van der Waals surface area contributed by atoms with Crippen molar-refractivity contribution < 1.29 is 70.9 Å². The van der Waals surface area contributed by atoms with Crippen molar-refractivity contribution in [3.8, 4) is 0 Å². The maximum Gasteiger partial charge on any atom is 0.422 e. The maximum atomic E-state index is 13.6. The topological polar surface area (TPSA) is 18.5 Å². The van der Waals surface area contributed by atoms with Crippen LogP contribution in [0.4, 0.5) is 61.5 Å². The highest BCUT2D eigenvalue weighted by atomic mass is 19.4. The minimum Gasteiger partial charge on any atom is -0.368 e. The smallest absolute Gasteiger partial charge is 0.368 e. The molecule has 0 atom stereocenters. The number of rotatable bonds is 11. The Morgan fingerprint density at radius 3 is 1.28 bits per heavy atom. The van der Waals surface area contributed by atoms with Gasteiger partial charge in [-0.2, -0.15) is 61.5 Å². The first-order valence-corrected chi connectivity index (χ1v) is 8.53. The lowest BCUT2D eigenvalue weighted by atomic mass is 9.89. The lowest BCUT2D eigenvalue weighted by Crippen LogP contribution is -2.69. The summed E-state index contributed by atoms with van der Waals surface area (Å²) in [5.74, 6) is -42.3. The second-order valence-corrected chi connectivity index (χ2v) is 8.13. The van der Waals surface area contributed by atoms with Crippen molar-refractivity contribution in [2.45, 2.75) is 81.9 Å². The molecule has 0 heterocycles. The minimum atomic E-state index is -7.41. The Morgan fingerprint density at radius 2 is 0.938 bits per heavy atom. The van der Waals surface area contributed by atoms with Crippen LogP contribution in [0.15, 0.2) is 0 Å². The SMILES string of the molecule is CC(C)C(F)(F)C(F)(F)C(F)(F)C(F)(F)C(F)(F)COCC(F)(F)C(F)(F)OC(C)(C)C. The predicted octanol–water partition coefficient (Wildman–Crippen LogP) is 6.88. The van der Waals surface area contributed by atoms with Gasteiger partial charge in [-0.1, -0.05) is 13.8 Å². The van der Waals surface area contributed by atoms with E-state index < -0.39 is 66.4 Å². The van der Waals surface area contributed by atoms with Gasteiger partial charge in [-0.25, -0.2) is 0 Å². The Kier molecular flexibility index (Phi) is 8.33. The molecular formula is C16H20F14O2. The molecule has 0 rings (SSSR count). The first kappa shape index (κ1) is 30.9. The molecule has 0 aliphatic rings. The highest BCUT2D eigenvalue weighted by Crippen LogP contribution is 2.58. The van der Waals surface area contributed by atoms with Crippen LogP contribution in [0.5, 0.6) is 0 Å². The van der Waals surface area contributed by atoms with Gasteiger partial charge in [0.1, 0.15) is 13.2 Å². The van der Waals surface area contributed by atoms with Crippen molar-refractivity contribution in [1.82, 2.24) is 0 Å². The van der Waals surface area contributed by atoms with Crippen LogP contribution in [0, 0.1) is 5.92 Å². The lowest BCUT2D eigenvalue weighted by molar-refractivity contribution is -0.412. The third-order valence-corrected chi connectivity index (χ3v) is 3.82. The summed E-state index contributed by atoms with van der Waals surface area (Å²) in [6.07, 6.45) is -5.42. The van der Waals surface area contributed by atoms with E-state index in [1.807, 2.05) is 0 Å². The molecule has 0 spiro atoms. The van der Waals surface area contributed by atoms with Gasteiger partial charge in [-0.3, -0.25) is 0 Å². The summed E-state index contributed by atoms with van der Waals surface area (Å²) in [7, 11) is 0. The first-order chi connectivity index (χ1) is 13.6. The zero-order chi connectivity index (χ0) is 26.4. The molecule has 16 heteroatoms. The summed E-state index contributed by atoms with van der Waals surface area (Å²) >= 11 is 0. The molecule has 0 unspecified atom stereocenters. The summed E-state index contributed by atoms with van der Waals surface area (Å²) in [4.78, 5) is 0. The molecule has 32 heavy (non-hydrogen) atoms. The Hall–Kier alpha value is -1.06. The minimum absolute atomic E-state index is 0.214. The summed E-state index contributed by atoms with van der Waals surface area (Å²) in [5, 5.41) is 0. The standard InChI is InChI=1S/C16H20F14O2/c1-8(2)12(21,22)14(25,26)15(27,28)13(23,24)10(17,18)6-31-7-11(19,20)16(29,30)32-9(3,4)5/h8H,6-7H2,1-5H3. The largest absolute Gasteiger partial charge is 0.422 e. The third-order valence-electron chi connectivity index (χ3n) is 3.82. The van der Waals surface area contributed by atoms with E-state index in [0.717, 1.165) is 20.8 Å². The van der Waals surface area contributed by atoms with Gasteiger partial charge in [0, 0.05) is 5.92 Å². The van der Waals surface area contributed by atoms with Gasteiger partial charge in [0.2, 0.25) is 0 Å². The van der Waals surface area contributed by atoms with Gasteiger partial charge in [0.05, 0.1) is 5.60 Å². The second kappa shape index (κ2) is 8.62. The normalized spacial score (nSPS) is 16.1. The molecule has 0 aliphatic heterocycles. The van der Waals surface area contributed by atoms with E-state index in [2.05, 4.69) is 9.47 Å². The van der Waals surface area contributed by atoms with Crippen LogP contribution in [-0.4, -0.2) is 60.5 Å². The van der Waals surface area contributed by atoms with Crippen LogP contribution in [0.25, 0.3) is 0 Å². The second-order valence-electron chi connectivity index (χ2n) is 8.13. The van der Waals surface area contributed by atoms with Crippen molar-refractivity contribution in [1.29, 1.82) is 0 Å². The first-order valence-electron chi connectivity index (χ1n) is 8.53. The van der Waals surface area contributed by atoms with Gasteiger partial charge in [0.25, 0.3) is 0 Å². The molecule has 0 fully saturated rings. The quantitative estimate of drug-likeness (QED) is 0.282. The van der Waals surface area contributed by atoms with Gasteiger partial charge in [-0.15, -0.1) is 0 Å². The van der Waals surface area contributed by atoms with Crippen molar-refractivity contribution in [3.63, 3.8) is 0 Å². The molecule has 0 bridgehead atoms. The molecule has 0 aromatic carbocycles. The Morgan fingerprint density at radius 1 is 0.562 bits per heavy atom. The molecule has 194 valence electrons. The summed E-state index contributed by atoms with van der Waals surface area (Å²) in [6, 6.07) is 0. The van der Waals surface area contributed by atoms with Crippen LogP contribution >= 0.6 is 0 Å². The molecule has 0 saturated heterocycles. The predicted molar refractivity (Wildman–Crippen MR) is 81.1 cm³/mol. The van der Waals surface area contributed by atoms with Gasteiger partial charge in [0.15, 0.2) is 0 Å². The molecule has 0 aliphatic carbocycles. The monoisotopic (exact) mass is 510 g/mol. The molecule has 0 saturated carbocycles. The average Bonchev–Trinajstić information content (AvgIpc) is 2.50. The fraction of sp³-hybridized carbons (Fsp3) is 1.00. The molecule has 0 aromatic heterocycles. The summed E-state index contributed by atoms with van der Waals surface area (Å²) in [6.45, 7) is -2.96. The Bertz CT molecular complexity index is 637. The van der Waals surface area contributed by atoms with Crippen LogP contribution in [0.2, 0.25) is 0 Å². The number of ether oxygens (including phenoxy) is 2. The zero-order valence-corrected chi connectivity index (χ0v) is 17.1. The van der Waals surface area contributed by atoms with E-state index in [-0.39, 0.29) is 13.8 Å². The molecule has 2 nitrogen and oxygen atoms in total. The Labute approximate surface area is 173 Å². The van der Waals surface area contributed by atoms with E-state index >= 15 is 0 Å². The van der Waals surface area contributed by atoms with Crippen molar-refractivity contribution in [2.24, 2.45) is 5.92 Å². The third kappa shape index (κ3) is 5.53. The van der Waals surface area contributed by atoms with Crippen molar-refractivity contribution in [2.75, 3.05) is 13.2 Å². The van der Waals surface area contributed by atoms with Crippen LogP contribution < -0.4 is 0 Å². The number of halogens is 14.